The van der Waals surface area contributed by atoms with E-state index in [1.54, 1.807) is 0 Å². The molecule has 7 nitrogen and oxygen atoms in total. The number of pyridine rings is 1. The number of hydrogen-bond acceptors (Lipinski definition) is 5. The summed E-state index contributed by atoms with van der Waals surface area (Å²) in [5.41, 5.74) is 6.39. The van der Waals surface area contributed by atoms with Crippen LogP contribution < -0.4 is 20.7 Å². The lowest BCUT2D eigenvalue weighted by atomic mass is 10.2. The van der Waals surface area contributed by atoms with E-state index >= 15 is 0 Å². The first-order valence-electron chi connectivity index (χ1n) is 6.87. The molecule has 1 atom stereocenters. The summed E-state index contributed by atoms with van der Waals surface area (Å²) >= 11 is 0. The number of nitrogens with one attached hydrogen (secondary N) is 1. The second-order valence-electron chi connectivity index (χ2n) is 4.98. The number of hydrogen-bond donors (Lipinski definition) is 2. The highest BCUT2D eigenvalue weighted by Crippen LogP contribution is 2.25. The van der Waals surface area contributed by atoms with E-state index in [0.29, 0.717) is 31.3 Å². The van der Waals surface area contributed by atoms with Crippen molar-refractivity contribution in [3.8, 4) is 5.88 Å². The van der Waals surface area contributed by atoms with Crippen molar-refractivity contribution in [2.45, 2.75) is 13.0 Å². The summed E-state index contributed by atoms with van der Waals surface area (Å²) < 4.78 is 5.43. The van der Waals surface area contributed by atoms with E-state index in [0.717, 1.165) is 18.9 Å². The maximum absolute atomic E-state index is 11.6. The third kappa shape index (κ3) is 2.19. The van der Waals surface area contributed by atoms with Crippen LogP contribution in [0.3, 0.4) is 0 Å². The molecule has 1 aromatic heterocycles. The Morgan fingerprint density at radius 1 is 1.50 bits per heavy atom. The van der Waals surface area contributed by atoms with Crippen LogP contribution in [0.4, 0.5) is 16.3 Å². The number of fused-ring (bicyclic) bond motifs is 1. The molecule has 7 heteroatoms. The second-order valence-corrected chi connectivity index (χ2v) is 4.98. The first kappa shape index (κ1) is 12.8. The fourth-order valence-electron chi connectivity index (χ4n) is 2.68. The number of carbonyl (C=O) groups excluding carboxylic acids is 1. The molecule has 0 saturated carbocycles. The average Bonchev–Trinajstić information content (AvgIpc) is 2.83. The van der Waals surface area contributed by atoms with Gasteiger partial charge in [0, 0.05) is 26.2 Å². The summed E-state index contributed by atoms with van der Waals surface area (Å²) in [7, 11) is 0. The normalized spacial score (nSPS) is 21.6. The van der Waals surface area contributed by atoms with Crippen molar-refractivity contribution >= 4 is 17.5 Å². The van der Waals surface area contributed by atoms with E-state index in [9.17, 15) is 4.79 Å². The van der Waals surface area contributed by atoms with Gasteiger partial charge in [-0.2, -0.15) is 4.98 Å². The number of urea groups is 1. The number of nitrogen functional groups attached to an aromatic ring is 1. The lowest BCUT2D eigenvalue weighted by molar-refractivity contribution is 0.197. The van der Waals surface area contributed by atoms with Crippen LogP contribution in [0.15, 0.2) is 12.1 Å². The Balaban J connectivity index is 1.77. The minimum absolute atomic E-state index is 0.0370. The number of piperazine rings is 1. The highest BCUT2D eigenvalue weighted by Gasteiger charge is 2.35. The monoisotopic (exact) mass is 277 g/mol. The van der Waals surface area contributed by atoms with E-state index in [1.165, 1.54) is 0 Å². The lowest BCUT2D eigenvalue weighted by Crippen LogP contribution is -2.52. The number of nitrogens with zero attached hydrogens (tertiary/aromatic N) is 3. The van der Waals surface area contributed by atoms with Crippen molar-refractivity contribution in [3.05, 3.63) is 12.1 Å². The molecule has 2 aliphatic heterocycles. The van der Waals surface area contributed by atoms with Crippen molar-refractivity contribution in [1.29, 1.82) is 0 Å². The Hall–Kier alpha value is -2.18. The molecule has 0 aromatic carbocycles. The Bertz CT molecular complexity index is 521. The summed E-state index contributed by atoms with van der Waals surface area (Å²) in [6.07, 6.45) is 0. The standard InChI is InChI=1S/C13H19N5O2/c1-2-20-12-10(14)3-4-11(16-12)17-5-6-18-9(8-17)7-15-13(18)19/h3-4,9H,2,5-8,14H2,1H3,(H,15,19). The van der Waals surface area contributed by atoms with Gasteiger partial charge in [0.05, 0.1) is 18.3 Å². The topological polar surface area (TPSA) is 83.7 Å². The Kier molecular flexibility index (Phi) is 3.25. The van der Waals surface area contributed by atoms with Crippen molar-refractivity contribution in [2.24, 2.45) is 0 Å². The zero-order valence-electron chi connectivity index (χ0n) is 11.5. The van der Waals surface area contributed by atoms with Crippen LogP contribution in [0, 0.1) is 0 Å². The van der Waals surface area contributed by atoms with Gasteiger partial charge in [0.25, 0.3) is 0 Å². The van der Waals surface area contributed by atoms with Gasteiger partial charge < -0.3 is 25.6 Å². The van der Waals surface area contributed by atoms with Gasteiger partial charge in [-0.05, 0) is 19.1 Å². The Morgan fingerprint density at radius 3 is 3.15 bits per heavy atom. The van der Waals surface area contributed by atoms with Gasteiger partial charge >= 0.3 is 6.03 Å². The molecule has 2 saturated heterocycles. The third-order valence-corrected chi connectivity index (χ3v) is 3.71. The van der Waals surface area contributed by atoms with Gasteiger partial charge in [0.2, 0.25) is 5.88 Å². The summed E-state index contributed by atoms with van der Waals surface area (Å²) in [4.78, 5) is 20.1. The van der Waals surface area contributed by atoms with E-state index in [1.807, 2.05) is 24.0 Å². The van der Waals surface area contributed by atoms with E-state index < -0.39 is 0 Å². The molecule has 3 heterocycles. The summed E-state index contributed by atoms with van der Waals surface area (Å²) in [6.45, 7) is 5.40. The molecule has 1 aromatic rings. The molecule has 3 N–H and O–H groups in total. The van der Waals surface area contributed by atoms with Crippen LogP contribution >= 0.6 is 0 Å². The van der Waals surface area contributed by atoms with Gasteiger partial charge in [-0.1, -0.05) is 0 Å². The molecule has 2 amide bonds. The molecule has 0 spiro atoms. The first-order valence-corrected chi connectivity index (χ1v) is 6.87. The smallest absolute Gasteiger partial charge is 0.317 e. The van der Waals surface area contributed by atoms with Gasteiger partial charge in [-0.15, -0.1) is 0 Å². The second kappa shape index (κ2) is 5.07. The zero-order chi connectivity index (χ0) is 14.1. The zero-order valence-corrected chi connectivity index (χ0v) is 11.5. The Morgan fingerprint density at radius 2 is 2.35 bits per heavy atom. The van der Waals surface area contributed by atoms with E-state index in [4.69, 9.17) is 10.5 Å². The van der Waals surface area contributed by atoms with Gasteiger partial charge in [0.15, 0.2) is 0 Å². The number of nitrogens with two attached hydrogens (primary N) is 1. The molecule has 0 bridgehead atoms. The molecule has 20 heavy (non-hydrogen) atoms. The molecule has 0 radical (unpaired) electrons. The predicted octanol–water partition coefficient (Wildman–Crippen LogP) is 0.276. The van der Waals surface area contributed by atoms with Crippen molar-refractivity contribution in [3.63, 3.8) is 0 Å². The molecule has 1 unspecified atom stereocenters. The summed E-state index contributed by atoms with van der Waals surface area (Å²) in [6, 6.07) is 3.97. The maximum atomic E-state index is 11.6. The molecule has 2 aliphatic rings. The fourth-order valence-corrected chi connectivity index (χ4v) is 2.68. The van der Waals surface area contributed by atoms with Gasteiger partial charge in [-0.3, -0.25) is 0 Å². The first-order chi connectivity index (χ1) is 9.69. The van der Waals surface area contributed by atoms with Crippen LogP contribution in [0.5, 0.6) is 5.88 Å². The van der Waals surface area contributed by atoms with Crippen molar-refractivity contribution in [2.75, 3.05) is 43.4 Å². The number of anilines is 2. The maximum Gasteiger partial charge on any atom is 0.317 e. The van der Waals surface area contributed by atoms with Crippen molar-refractivity contribution in [1.82, 2.24) is 15.2 Å². The molecule has 2 fully saturated rings. The van der Waals surface area contributed by atoms with Gasteiger partial charge in [-0.25, -0.2) is 4.79 Å². The average molecular weight is 277 g/mol. The number of ether oxygens (including phenoxy) is 1. The van der Waals surface area contributed by atoms with E-state index in [-0.39, 0.29) is 12.1 Å². The van der Waals surface area contributed by atoms with E-state index in [2.05, 4.69) is 15.2 Å². The quantitative estimate of drug-likeness (QED) is 0.829. The predicted molar refractivity (Wildman–Crippen MR) is 75.9 cm³/mol. The summed E-state index contributed by atoms with van der Waals surface area (Å²) in [5, 5.41) is 2.87. The largest absolute Gasteiger partial charge is 0.476 e. The number of amides is 2. The molecular formula is C13H19N5O2. The lowest BCUT2D eigenvalue weighted by Gasteiger charge is -2.37. The van der Waals surface area contributed by atoms with Crippen LogP contribution in [-0.4, -0.2) is 54.7 Å². The van der Waals surface area contributed by atoms with Crippen molar-refractivity contribution < 1.29 is 9.53 Å². The molecule has 3 rings (SSSR count). The minimum atomic E-state index is 0.0370. The number of carbonyl (C=O) groups is 1. The molecule has 108 valence electrons. The third-order valence-electron chi connectivity index (χ3n) is 3.71. The highest BCUT2D eigenvalue weighted by atomic mass is 16.5. The Labute approximate surface area is 117 Å². The van der Waals surface area contributed by atoms with Gasteiger partial charge in [0.1, 0.15) is 5.82 Å². The SMILES string of the molecule is CCOc1nc(N2CCN3C(=O)NCC3C2)ccc1N. The highest BCUT2D eigenvalue weighted by molar-refractivity contribution is 5.77. The van der Waals surface area contributed by atoms with Crippen LogP contribution in [0.1, 0.15) is 6.92 Å². The van der Waals surface area contributed by atoms with Crippen LogP contribution in [0.25, 0.3) is 0 Å². The van der Waals surface area contributed by atoms with Crippen LogP contribution in [-0.2, 0) is 0 Å². The number of rotatable bonds is 3. The fraction of sp³-hybridized carbons (Fsp3) is 0.538. The van der Waals surface area contributed by atoms with Crippen LogP contribution in [0.2, 0.25) is 0 Å². The molecule has 0 aliphatic carbocycles. The minimum Gasteiger partial charge on any atom is -0.476 e. The number of aromatic nitrogens is 1. The molecular weight excluding hydrogens is 258 g/mol. The summed E-state index contributed by atoms with van der Waals surface area (Å²) in [5.74, 6) is 1.33.